The third kappa shape index (κ3) is 6.12. The molecule has 0 aliphatic carbocycles. The number of carbonyl (C=O) groups excluding carboxylic acids is 1. The van der Waals surface area contributed by atoms with Crippen LogP contribution in [0.4, 0.5) is 0 Å². The Kier molecular flexibility index (Phi) is 7.75. The van der Waals surface area contributed by atoms with Crippen molar-refractivity contribution < 1.29 is 17.4 Å². The van der Waals surface area contributed by atoms with Crippen LogP contribution in [-0.2, 0) is 16.7 Å². The van der Waals surface area contributed by atoms with Crippen LogP contribution in [0.1, 0.15) is 43.1 Å². The first-order valence-corrected chi connectivity index (χ1v) is 11.3. The van der Waals surface area contributed by atoms with Gasteiger partial charge in [-0.05, 0) is 56.2 Å². The van der Waals surface area contributed by atoms with Crippen LogP contribution < -0.4 is 4.18 Å². The van der Waals surface area contributed by atoms with E-state index in [1.807, 2.05) is 19.9 Å². The van der Waals surface area contributed by atoms with Crippen molar-refractivity contribution in [1.29, 1.82) is 0 Å². The molecule has 2 rings (SSSR count). The van der Waals surface area contributed by atoms with Crippen LogP contribution in [0.25, 0.3) is 0 Å². The molecule has 152 valence electrons. The molecule has 2 aromatic rings. The SMILES string of the molecule is CCC(C)N(Cc1cccc(OS(=O)(=O)CC)c1)C(=O)c1cc(Cl)cc(Cl)c1. The molecule has 0 radical (unpaired) electrons. The molecular weight excluding hydrogens is 421 g/mol. The van der Waals surface area contributed by atoms with Gasteiger partial charge in [-0.25, -0.2) is 0 Å². The summed E-state index contributed by atoms with van der Waals surface area (Å²) in [7, 11) is -3.62. The van der Waals surface area contributed by atoms with Crippen molar-refractivity contribution in [2.45, 2.75) is 39.8 Å². The van der Waals surface area contributed by atoms with E-state index in [0.717, 1.165) is 12.0 Å². The van der Waals surface area contributed by atoms with Crippen molar-refractivity contribution in [3.8, 4) is 5.75 Å². The zero-order valence-corrected chi connectivity index (χ0v) is 18.3. The summed E-state index contributed by atoms with van der Waals surface area (Å²) in [4.78, 5) is 14.8. The fraction of sp³-hybridized carbons (Fsp3) is 0.350. The van der Waals surface area contributed by atoms with Crippen LogP contribution in [0.3, 0.4) is 0 Å². The van der Waals surface area contributed by atoms with E-state index in [1.54, 1.807) is 41.3 Å². The molecule has 28 heavy (non-hydrogen) atoms. The summed E-state index contributed by atoms with van der Waals surface area (Å²) < 4.78 is 28.5. The van der Waals surface area contributed by atoms with Crippen LogP contribution in [0.5, 0.6) is 5.75 Å². The molecule has 1 unspecified atom stereocenters. The lowest BCUT2D eigenvalue weighted by atomic mass is 10.1. The Balaban J connectivity index is 2.31. The second kappa shape index (κ2) is 9.63. The van der Waals surface area contributed by atoms with Gasteiger partial charge in [0.1, 0.15) is 5.75 Å². The number of rotatable bonds is 8. The quantitative estimate of drug-likeness (QED) is 0.528. The Morgan fingerprint density at radius 2 is 1.75 bits per heavy atom. The van der Waals surface area contributed by atoms with Crippen molar-refractivity contribution in [2.75, 3.05) is 5.75 Å². The fourth-order valence-corrected chi connectivity index (χ4v) is 3.63. The molecule has 8 heteroatoms. The number of nitrogens with zero attached hydrogens (tertiary/aromatic N) is 1. The Labute approximate surface area is 176 Å². The van der Waals surface area contributed by atoms with Crippen molar-refractivity contribution in [2.24, 2.45) is 0 Å². The molecule has 0 saturated carbocycles. The summed E-state index contributed by atoms with van der Waals surface area (Å²) >= 11 is 12.1. The molecule has 2 aromatic carbocycles. The van der Waals surface area contributed by atoms with Crippen LogP contribution >= 0.6 is 23.2 Å². The van der Waals surface area contributed by atoms with Gasteiger partial charge < -0.3 is 9.08 Å². The number of hydrogen-bond acceptors (Lipinski definition) is 4. The highest BCUT2D eigenvalue weighted by Crippen LogP contribution is 2.23. The Morgan fingerprint density at radius 3 is 2.32 bits per heavy atom. The molecule has 0 aliphatic rings. The van der Waals surface area contributed by atoms with E-state index in [0.29, 0.717) is 22.2 Å². The Morgan fingerprint density at radius 1 is 1.11 bits per heavy atom. The van der Waals surface area contributed by atoms with Crippen molar-refractivity contribution in [3.05, 3.63) is 63.6 Å². The van der Waals surface area contributed by atoms with Crippen molar-refractivity contribution in [3.63, 3.8) is 0 Å². The molecule has 0 saturated heterocycles. The first-order chi connectivity index (χ1) is 13.1. The normalized spacial score (nSPS) is 12.5. The van der Waals surface area contributed by atoms with E-state index in [-0.39, 0.29) is 23.5 Å². The van der Waals surface area contributed by atoms with Gasteiger partial charge in [-0.2, -0.15) is 8.42 Å². The zero-order valence-electron chi connectivity index (χ0n) is 16.0. The first-order valence-electron chi connectivity index (χ1n) is 8.93. The van der Waals surface area contributed by atoms with Gasteiger partial charge in [-0.1, -0.05) is 42.3 Å². The third-order valence-corrected chi connectivity index (χ3v) is 5.91. The highest BCUT2D eigenvalue weighted by atomic mass is 35.5. The van der Waals surface area contributed by atoms with Gasteiger partial charge in [0.05, 0.1) is 5.75 Å². The van der Waals surface area contributed by atoms with Gasteiger partial charge in [0.25, 0.3) is 5.91 Å². The van der Waals surface area contributed by atoms with E-state index >= 15 is 0 Å². The minimum atomic E-state index is -3.62. The van der Waals surface area contributed by atoms with E-state index in [9.17, 15) is 13.2 Å². The zero-order chi connectivity index (χ0) is 20.9. The van der Waals surface area contributed by atoms with Crippen molar-refractivity contribution >= 4 is 39.2 Å². The van der Waals surface area contributed by atoms with E-state index in [1.165, 1.54) is 6.92 Å². The second-order valence-corrected chi connectivity index (χ2v) is 9.16. The number of amides is 1. The largest absolute Gasteiger partial charge is 0.382 e. The maximum absolute atomic E-state index is 13.1. The number of benzene rings is 2. The van der Waals surface area contributed by atoms with E-state index in [2.05, 4.69) is 0 Å². The average Bonchev–Trinajstić information content (AvgIpc) is 2.64. The summed E-state index contributed by atoms with van der Waals surface area (Å²) in [6, 6.07) is 11.4. The van der Waals surface area contributed by atoms with Gasteiger partial charge in [0, 0.05) is 28.2 Å². The second-order valence-electron chi connectivity index (χ2n) is 6.43. The van der Waals surface area contributed by atoms with Gasteiger partial charge in [-0.15, -0.1) is 0 Å². The molecule has 0 heterocycles. The van der Waals surface area contributed by atoms with Gasteiger partial charge in [0.15, 0.2) is 0 Å². The summed E-state index contributed by atoms with van der Waals surface area (Å²) in [6.45, 7) is 5.75. The maximum atomic E-state index is 13.1. The van der Waals surface area contributed by atoms with Crippen LogP contribution in [0.2, 0.25) is 10.0 Å². The molecule has 0 N–H and O–H groups in total. The Hall–Kier alpha value is -1.76. The first kappa shape index (κ1) is 22.5. The molecule has 0 spiro atoms. The minimum Gasteiger partial charge on any atom is -0.382 e. The predicted octanol–water partition coefficient (Wildman–Crippen LogP) is 5.16. The number of carbonyl (C=O) groups is 1. The number of hydrogen-bond donors (Lipinski definition) is 0. The molecule has 1 amide bonds. The smallest absolute Gasteiger partial charge is 0.308 e. The summed E-state index contributed by atoms with van der Waals surface area (Å²) in [6.07, 6.45) is 0.750. The molecule has 5 nitrogen and oxygen atoms in total. The summed E-state index contributed by atoms with van der Waals surface area (Å²) in [5.41, 5.74) is 1.16. The molecule has 0 aliphatic heterocycles. The van der Waals surface area contributed by atoms with Crippen LogP contribution in [0.15, 0.2) is 42.5 Å². The standard InChI is InChI=1S/C20H23Cl2NO4S/c1-4-14(3)23(20(24)16-10-17(21)12-18(22)11-16)13-15-7-6-8-19(9-15)27-28(25,26)5-2/h6-12,14H,4-5,13H2,1-3H3. The Bertz CT molecular complexity index is 927. The molecular formula is C20H23Cl2NO4S. The monoisotopic (exact) mass is 443 g/mol. The van der Waals surface area contributed by atoms with Gasteiger partial charge >= 0.3 is 10.1 Å². The molecule has 0 fully saturated rings. The van der Waals surface area contributed by atoms with Crippen molar-refractivity contribution in [1.82, 2.24) is 4.90 Å². The lowest BCUT2D eigenvalue weighted by Crippen LogP contribution is -2.37. The predicted molar refractivity (Wildman–Crippen MR) is 113 cm³/mol. The third-order valence-electron chi connectivity index (χ3n) is 4.32. The van der Waals surface area contributed by atoms with E-state index in [4.69, 9.17) is 27.4 Å². The highest BCUT2D eigenvalue weighted by Gasteiger charge is 2.22. The van der Waals surface area contributed by atoms with Gasteiger partial charge in [-0.3, -0.25) is 4.79 Å². The minimum absolute atomic E-state index is 0.0470. The van der Waals surface area contributed by atoms with Crippen LogP contribution in [-0.4, -0.2) is 31.0 Å². The fourth-order valence-electron chi connectivity index (χ4n) is 2.59. The van der Waals surface area contributed by atoms with E-state index < -0.39 is 10.1 Å². The van der Waals surface area contributed by atoms with Crippen LogP contribution in [0, 0.1) is 0 Å². The summed E-state index contributed by atoms with van der Waals surface area (Å²) in [5.74, 6) is -0.0995. The maximum Gasteiger partial charge on any atom is 0.308 e. The molecule has 0 bridgehead atoms. The van der Waals surface area contributed by atoms with Gasteiger partial charge in [0.2, 0.25) is 0 Å². The lowest BCUT2D eigenvalue weighted by molar-refractivity contribution is 0.0671. The highest BCUT2D eigenvalue weighted by molar-refractivity contribution is 7.87. The molecule has 0 aromatic heterocycles. The topological polar surface area (TPSA) is 63.7 Å². The summed E-state index contributed by atoms with van der Waals surface area (Å²) in [5, 5.41) is 0.778. The molecule has 1 atom stereocenters. The average molecular weight is 444 g/mol. The number of halogens is 2. The lowest BCUT2D eigenvalue weighted by Gasteiger charge is -2.29.